The lowest BCUT2D eigenvalue weighted by atomic mass is 9.93. The first-order chi connectivity index (χ1) is 14.9. The lowest BCUT2D eigenvalue weighted by Gasteiger charge is -2.28. The molecule has 0 aliphatic carbocycles. The highest BCUT2D eigenvalue weighted by Crippen LogP contribution is 2.39. The van der Waals surface area contributed by atoms with Crippen molar-refractivity contribution in [2.24, 2.45) is 0 Å². The van der Waals surface area contributed by atoms with Gasteiger partial charge in [-0.3, -0.25) is 9.59 Å². The maximum absolute atomic E-state index is 13.1. The Morgan fingerprint density at radius 3 is 2.39 bits per heavy atom. The smallest absolute Gasteiger partial charge is 0.290 e. The molecule has 1 N–H and O–H groups in total. The van der Waals surface area contributed by atoms with E-state index in [1.807, 2.05) is 24.3 Å². The van der Waals surface area contributed by atoms with E-state index in [0.717, 1.165) is 31.6 Å². The van der Waals surface area contributed by atoms with Gasteiger partial charge in [0.15, 0.2) is 11.5 Å². The van der Waals surface area contributed by atoms with Crippen LogP contribution in [0.3, 0.4) is 0 Å². The molecule has 1 atom stereocenters. The van der Waals surface area contributed by atoms with E-state index in [9.17, 15) is 14.7 Å². The van der Waals surface area contributed by atoms with Crippen LogP contribution in [-0.4, -0.2) is 52.8 Å². The number of aliphatic hydroxyl groups is 1. The zero-order valence-electron chi connectivity index (χ0n) is 18.8. The Kier molecular flexibility index (Phi) is 7.33. The standard InChI is InChI=1S/C25H32N2O4/c1-5-26(6-2)14-8-15-27-22(19-12-10-18(11-13-19)17(3)4)21(24(29)25(27)30)23(28)20-9-7-16-31-20/h7,9-13,16-17,22,29H,5-6,8,14-15H2,1-4H3. The Bertz CT molecular complexity index is 925. The molecule has 6 nitrogen and oxygen atoms in total. The van der Waals surface area contributed by atoms with Gasteiger partial charge in [-0.25, -0.2) is 0 Å². The normalized spacial score (nSPS) is 16.8. The van der Waals surface area contributed by atoms with Crippen LogP contribution in [-0.2, 0) is 4.79 Å². The number of benzene rings is 1. The number of hydrogen-bond donors (Lipinski definition) is 1. The molecule has 3 rings (SSSR count). The second kappa shape index (κ2) is 9.96. The fourth-order valence-corrected chi connectivity index (χ4v) is 4.07. The third-order valence-corrected chi connectivity index (χ3v) is 5.98. The van der Waals surface area contributed by atoms with Crippen LogP contribution in [0.2, 0.25) is 0 Å². The average Bonchev–Trinajstić information content (AvgIpc) is 3.39. The van der Waals surface area contributed by atoms with Crippen molar-refractivity contribution in [1.29, 1.82) is 0 Å². The summed E-state index contributed by atoms with van der Waals surface area (Å²) in [6, 6.07) is 10.5. The van der Waals surface area contributed by atoms with Crippen molar-refractivity contribution in [3.8, 4) is 0 Å². The number of carbonyl (C=O) groups excluding carboxylic acids is 2. The van der Waals surface area contributed by atoms with Gasteiger partial charge < -0.3 is 19.3 Å². The average molecular weight is 425 g/mol. The monoisotopic (exact) mass is 424 g/mol. The molecule has 1 unspecified atom stereocenters. The number of rotatable bonds is 10. The fraction of sp³-hybridized carbons (Fsp3) is 0.440. The molecule has 1 aromatic carbocycles. The number of nitrogens with zero attached hydrogens (tertiary/aromatic N) is 2. The Labute approximate surface area is 184 Å². The predicted octanol–water partition coefficient (Wildman–Crippen LogP) is 4.71. The van der Waals surface area contributed by atoms with Crippen molar-refractivity contribution in [2.75, 3.05) is 26.2 Å². The molecule has 166 valence electrons. The van der Waals surface area contributed by atoms with Crippen molar-refractivity contribution < 1.29 is 19.1 Å². The molecule has 0 radical (unpaired) electrons. The molecule has 1 aliphatic rings. The summed E-state index contributed by atoms with van der Waals surface area (Å²) in [5.41, 5.74) is 2.06. The minimum absolute atomic E-state index is 0.0834. The Hall–Kier alpha value is -2.86. The Morgan fingerprint density at radius 2 is 1.84 bits per heavy atom. The van der Waals surface area contributed by atoms with Gasteiger partial charge in [0.25, 0.3) is 5.91 Å². The van der Waals surface area contributed by atoms with Crippen molar-refractivity contribution in [2.45, 2.75) is 46.1 Å². The fourth-order valence-electron chi connectivity index (χ4n) is 4.07. The van der Waals surface area contributed by atoms with Crippen LogP contribution in [0.25, 0.3) is 0 Å². The molecule has 0 spiro atoms. The third-order valence-electron chi connectivity index (χ3n) is 5.98. The van der Waals surface area contributed by atoms with E-state index in [1.54, 1.807) is 17.0 Å². The van der Waals surface area contributed by atoms with Gasteiger partial charge in [0.2, 0.25) is 5.78 Å². The van der Waals surface area contributed by atoms with Gasteiger partial charge in [-0.2, -0.15) is 0 Å². The first kappa shape index (κ1) is 22.8. The molecule has 0 saturated carbocycles. The minimum atomic E-state index is -0.636. The van der Waals surface area contributed by atoms with Crippen LogP contribution < -0.4 is 0 Å². The van der Waals surface area contributed by atoms with Gasteiger partial charge in [-0.1, -0.05) is 52.0 Å². The van der Waals surface area contributed by atoms with Crippen LogP contribution in [0, 0.1) is 0 Å². The van der Waals surface area contributed by atoms with Crippen LogP contribution in [0.5, 0.6) is 0 Å². The second-order valence-electron chi connectivity index (χ2n) is 8.17. The van der Waals surface area contributed by atoms with Gasteiger partial charge in [0, 0.05) is 6.54 Å². The maximum Gasteiger partial charge on any atom is 0.290 e. The van der Waals surface area contributed by atoms with E-state index in [2.05, 4.69) is 32.6 Å². The summed E-state index contributed by atoms with van der Waals surface area (Å²) in [4.78, 5) is 30.0. The molecule has 1 aliphatic heterocycles. The number of Topliss-reactive ketones (excluding diaryl/α,β-unsaturated/α-hetero) is 1. The van der Waals surface area contributed by atoms with Gasteiger partial charge >= 0.3 is 0 Å². The minimum Gasteiger partial charge on any atom is -0.503 e. The van der Waals surface area contributed by atoms with E-state index >= 15 is 0 Å². The molecular weight excluding hydrogens is 392 g/mol. The van der Waals surface area contributed by atoms with E-state index in [-0.39, 0.29) is 11.3 Å². The zero-order chi connectivity index (χ0) is 22.5. The molecule has 0 fully saturated rings. The highest BCUT2D eigenvalue weighted by Gasteiger charge is 2.44. The quantitative estimate of drug-likeness (QED) is 0.559. The van der Waals surface area contributed by atoms with Gasteiger partial charge in [-0.05, 0) is 55.2 Å². The van der Waals surface area contributed by atoms with E-state index in [1.165, 1.54) is 11.8 Å². The SMILES string of the molecule is CCN(CC)CCCN1C(=O)C(O)=C(C(=O)c2ccco2)C1c1ccc(C(C)C)cc1. The number of furan rings is 1. The highest BCUT2D eigenvalue weighted by molar-refractivity contribution is 6.15. The summed E-state index contributed by atoms with van der Waals surface area (Å²) in [5.74, 6) is -0.963. The van der Waals surface area contributed by atoms with Crippen LogP contribution in [0.15, 0.2) is 58.4 Å². The van der Waals surface area contributed by atoms with Crippen LogP contribution in [0.4, 0.5) is 0 Å². The highest BCUT2D eigenvalue weighted by atomic mass is 16.3. The summed E-state index contributed by atoms with van der Waals surface area (Å²) >= 11 is 0. The number of amides is 1. The van der Waals surface area contributed by atoms with Crippen LogP contribution in [0.1, 0.15) is 67.8 Å². The largest absolute Gasteiger partial charge is 0.503 e. The maximum atomic E-state index is 13.1. The number of carbonyl (C=O) groups is 2. The molecule has 31 heavy (non-hydrogen) atoms. The summed E-state index contributed by atoms with van der Waals surface area (Å²) in [5, 5.41) is 10.7. The molecule has 0 saturated heterocycles. The predicted molar refractivity (Wildman–Crippen MR) is 120 cm³/mol. The van der Waals surface area contributed by atoms with Crippen molar-refractivity contribution in [3.05, 3.63) is 70.9 Å². The number of aliphatic hydroxyl groups excluding tert-OH is 1. The number of hydrogen-bond acceptors (Lipinski definition) is 5. The molecule has 1 aromatic heterocycles. The molecule has 2 aromatic rings. The van der Waals surface area contributed by atoms with E-state index in [4.69, 9.17) is 4.42 Å². The number of ketones is 1. The van der Waals surface area contributed by atoms with Crippen molar-refractivity contribution in [1.82, 2.24) is 9.80 Å². The zero-order valence-corrected chi connectivity index (χ0v) is 18.8. The third kappa shape index (κ3) is 4.74. The lowest BCUT2D eigenvalue weighted by Crippen LogP contribution is -2.34. The second-order valence-corrected chi connectivity index (χ2v) is 8.17. The first-order valence-electron chi connectivity index (χ1n) is 11.0. The van der Waals surface area contributed by atoms with E-state index in [0.29, 0.717) is 12.5 Å². The van der Waals surface area contributed by atoms with Gasteiger partial charge in [0.05, 0.1) is 17.9 Å². The summed E-state index contributed by atoms with van der Waals surface area (Å²) < 4.78 is 5.27. The van der Waals surface area contributed by atoms with Gasteiger partial charge in [0.1, 0.15) is 0 Å². The summed E-state index contributed by atoms with van der Waals surface area (Å²) in [6.45, 7) is 11.6. The molecule has 2 heterocycles. The molecule has 0 bridgehead atoms. The Balaban J connectivity index is 1.94. The Morgan fingerprint density at radius 1 is 1.16 bits per heavy atom. The first-order valence-corrected chi connectivity index (χ1v) is 11.0. The lowest BCUT2D eigenvalue weighted by molar-refractivity contribution is -0.129. The van der Waals surface area contributed by atoms with Crippen molar-refractivity contribution >= 4 is 11.7 Å². The van der Waals surface area contributed by atoms with Gasteiger partial charge in [-0.15, -0.1) is 0 Å². The van der Waals surface area contributed by atoms with Crippen molar-refractivity contribution in [3.63, 3.8) is 0 Å². The van der Waals surface area contributed by atoms with E-state index < -0.39 is 23.5 Å². The summed E-state index contributed by atoms with van der Waals surface area (Å²) in [7, 11) is 0. The topological polar surface area (TPSA) is 74.0 Å². The molecule has 1 amide bonds. The van der Waals surface area contributed by atoms with Crippen LogP contribution >= 0.6 is 0 Å². The summed E-state index contributed by atoms with van der Waals surface area (Å²) in [6.07, 6.45) is 2.17. The molecule has 6 heteroatoms. The molecular formula is C25H32N2O4.